The molecule has 2 aromatic heterocycles. The van der Waals surface area contributed by atoms with Crippen molar-refractivity contribution in [1.29, 1.82) is 0 Å². The lowest BCUT2D eigenvalue weighted by Crippen LogP contribution is -2.45. The van der Waals surface area contributed by atoms with Crippen molar-refractivity contribution in [2.75, 3.05) is 0 Å². The first-order valence-electron chi connectivity index (χ1n) is 9.44. The second-order valence-electron chi connectivity index (χ2n) is 8.69. The number of alkyl halides is 2. The van der Waals surface area contributed by atoms with Crippen LogP contribution in [-0.2, 0) is 17.6 Å². The minimum Gasteiger partial charge on any atom is -0.383 e. The molecule has 4 rings (SSSR count). The molecule has 1 aliphatic carbocycles. The first kappa shape index (κ1) is 20.1. The fourth-order valence-corrected chi connectivity index (χ4v) is 3.79. The topological polar surface area (TPSA) is 76.7 Å². The van der Waals surface area contributed by atoms with Crippen LogP contribution in [0.15, 0.2) is 24.3 Å². The Kier molecular flexibility index (Phi) is 4.82. The van der Waals surface area contributed by atoms with Gasteiger partial charge in [-0.3, -0.25) is 0 Å². The number of fused-ring (bicyclic) bond motifs is 1. The molecule has 1 N–H and O–H groups in total. The van der Waals surface area contributed by atoms with Crippen LogP contribution in [0.1, 0.15) is 50.7 Å². The lowest BCUT2D eigenvalue weighted by atomic mass is 9.69. The molecule has 6 nitrogen and oxygen atoms in total. The van der Waals surface area contributed by atoms with Crippen molar-refractivity contribution in [1.82, 2.24) is 25.0 Å². The standard InChI is InChI=1S/C20H22ClF2N5O/c1-19(2,3)18-24-15(20(29)8-12(9-20)16(22)23)14-17(25-18)28(27-26-14)10-11-6-4-5-7-13(11)21/h4-7,12,16,29H,8-10H2,1-3H3/t12-,20+. The molecule has 1 saturated carbocycles. The Balaban J connectivity index is 1.82. The van der Waals surface area contributed by atoms with Crippen molar-refractivity contribution in [3.63, 3.8) is 0 Å². The highest BCUT2D eigenvalue weighted by Gasteiger charge is 2.50. The summed E-state index contributed by atoms with van der Waals surface area (Å²) in [6.45, 7) is 6.20. The average Bonchev–Trinajstić information content (AvgIpc) is 3.02. The zero-order valence-corrected chi connectivity index (χ0v) is 17.2. The number of benzene rings is 1. The first-order chi connectivity index (χ1) is 13.6. The smallest absolute Gasteiger partial charge is 0.241 e. The van der Waals surface area contributed by atoms with Gasteiger partial charge in [0.25, 0.3) is 0 Å². The number of aromatic nitrogens is 5. The molecule has 9 heteroatoms. The van der Waals surface area contributed by atoms with Gasteiger partial charge in [0.05, 0.1) is 6.54 Å². The van der Waals surface area contributed by atoms with Crippen LogP contribution in [0, 0.1) is 5.92 Å². The predicted octanol–water partition coefficient (Wildman–Crippen LogP) is 4.08. The molecule has 0 atom stereocenters. The van der Waals surface area contributed by atoms with Gasteiger partial charge < -0.3 is 5.11 Å². The van der Waals surface area contributed by atoms with Gasteiger partial charge in [0.1, 0.15) is 17.1 Å². The maximum atomic E-state index is 13.0. The highest BCUT2D eigenvalue weighted by molar-refractivity contribution is 6.31. The van der Waals surface area contributed by atoms with Gasteiger partial charge in [-0.25, -0.2) is 23.4 Å². The SMILES string of the molecule is CC(C)(C)c1nc2c(nnn2Cc2ccccc2Cl)c([C@]2(O)C[C@@H](C(F)F)C2)n1. The van der Waals surface area contributed by atoms with Crippen molar-refractivity contribution < 1.29 is 13.9 Å². The Bertz CT molecular complexity index is 1060. The van der Waals surface area contributed by atoms with Gasteiger partial charge >= 0.3 is 0 Å². The van der Waals surface area contributed by atoms with Gasteiger partial charge in [-0.2, -0.15) is 0 Å². The van der Waals surface area contributed by atoms with E-state index in [4.69, 9.17) is 11.6 Å². The second kappa shape index (κ2) is 6.95. The third kappa shape index (κ3) is 3.59. The summed E-state index contributed by atoms with van der Waals surface area (Å²) in [7, 11) is 0. The molecule has 0 spiro atoms. The van der Waals surface area contributed by atoms with Gasteiger partial charge in [-0.15, -0.1) is 5.10 Å². The van der Waals surface area contributed by atoms with E-state index in [0.29, 0.717) is 28.6 Å². The van der Waals surface area contributed by atoms with E-state index in [0.717, 1.165) is 5.56 Å². The molecule has 0 radical (unpaired) electrons. The van der Waals surface area contributed by atoms with E-state index in [1.165, 1.54) is 0 Å². The molecular formula is C20H22ClF2N5O. The van der Waals surface area contributed by atoms with E-state index in [1.54, 1.807) is 10.7 Å². The number of halogens is 3. The lowest BCUT2D eigenvalue weighted by molar-refractivity contribution is -0.128. The molecule has 1 fully saturated rings. The van der Waals surface area contributed by atoms with Crippen LogP contribution in [0.5, 0.6) is 0 Å². The Morgan fingerprint density at radius 2 is 1.93 bits per heavy atom. The summed E-state index contributed by atoms with van der Waals surface area (Å²) in [6.07, 6.45) is -2.58. The van der Waals surface area contributed by atoms with E-state index in [9.17, 15) is 13.9 Å². The lowest BCUT2D eigenvalue weighted by Gasteiger charge is -2.42. The Labute approximate surface area is 171 Å². The van der Waals surface area contributed by atoms with Gasteiger partial charge in [0.15, 0.2) is 11.2 Å². The quantitative estimate of drug-likeness (QED) is 0.686. The molecule has 1 aromatic carbocycles. The molecule has 0 aliphatic heterocycles. The van der Waals surface area contributed by atoms with E-state index in [1.807, 2.05) is 39.0 Å². The Morgan fingerprint density at radius 1 is 1.24 bits per heavy atom. The van der Waals surface area contributed by atoms with Crippen molar-refractivity contribution in [2.24, 2.45) is 5.92 Å². The molecule has 154 valence electrons. The molecular weight excluding hydrogens is 400 g/mol. The number of nitrogens with zero attached hydrogens (tertiary/aromatic N) is 5. The summed E-state index contributed by atoms with van der Waals surface area (Å²) in [4.78, 5) is 9.19. The summed E-state index contributed by atoms with van der Waals surface area (Å²) < 4.78 is 27.6. The number of hydrogen-bond donors (Lipinski definition) is 1. The fraction of sp³-hybridized carbons (Fsp3) is 0.500. The van der Waals surface area contributed by atoms with Crippen LogP contribution in [0.2, 0.25) is 5.02 Å². The van der Waals surface area contributed by atoms with Gasteiger partial charge in [0.2, 0.25) is 6.43 Å². The summed E-state index contributed by atoms with van der Waals surface area (Å²) >= 11 is 6.27. The summed E-state index contributed by atoms with van der Waals surface area (Å²) in [5.74, 6) is -0.349. The van der Waals surface area contributed by atoms with Gasteiger partial charge in [0, 0.05) is 16.4 Å². The number of hydrogen-bond acceptors (Lipinski definition) is 5. The van der Waals surface area contributed by atoms with E-state index in [-0.39, 0.29) is 18.5 Å². The third-order valence-electron chi connectivity index (χ3n) is 5.31. The minimum absolute atomic E-state index is 0.0578. The van der Waals surface area contributed by atoms with E-state index < -0.39 is 23.4 Å². The van der Waals surface area contributed by atoms with Crippen LogP contribution in [-0.4, -0.2) is 36.5 Å². The van der Waals surface area contributed by atoms with Crippen LogP contribution in [0.3, 0.4) is 0 Å². The highest BCUT2D eigenvalue weighted by atomic mass is 35.5. The Hall–Kier alpha value is -2.19. The highest BCUT2D eigenvalue weighted by Crippen LogP contribution is 2.49. The Morgan fingerprint density at radius 3 is 2.55 bits per heavy atom. The van der Waals surface area contributed by atoms with Crippen LogP contribution >= 0.6 is 11.6 Å². The minimum atomic E-state index is -2.47. The maximum Gasteiger partial charge on any atom is 0.241 e. The van der Waals surface area contributed by atoms with Gasteiger partial charge in [-0.1, -0.05) is 55.8 Å². The van der Waals surface area contributed by atoms with E-state index >= 15 is 0 Å². The average molecular weight is 422 g/mol. The molecule has 2 heterocycles. The van der Waals surface area contributed by atoms with Crippen molar-refractivity contribution in [2.45, 2.75) is 57.6 Å². The normalized spacial score (nSPS) is 22.3. The molecule has 0 bridgehead atoms. The molecule has 1 aliphatic rings. The molecule has 0 amide bonds. The summed E-state index contributed by atoms with van der Waals surface area (Å²) in [6, 6.07) is 7.39. The number of aliphatic hydroxyl groups is 1. The number of rotatable bonds is 4. The second-order valence-corrected chi connectivity index (χ2v) is 9.10. The largest absolute Gasteiger partial charge is 0.383 e. The van der Waals surface area contributed by atoms with Gasteiger partial charge in [-0.05, 0) is 24.5 Å². The molecule has 3 aromatic rings. The monoisotopic (exact) mass is 421 g/mol. The van der Waals surface area contributed by atoms with Crippen molar-refractivity contribution in [3.05, 3.63) is 46.4 Å². The van der Waals surface area contributed by atoms with Crippen molar-refractivity contribution in [3.8, 4) is 0 Å². The summed E-state index contributed by atoms with van der Waals surface area (Å²) in [5.41, 5.74) is 0.0420. The summed E-state index contributed by atoms with van der Waals surface area (Å²) in [5, 5.41) is 20.0. The van der Waals surface area contributed by atoms with Crippen LogP contribution < -0.4 is 0 Å². The van der Waals surface area contributed by atoms with Crippen LogP contribution in [0.4, 0.5) is 8.78 Å². The third-order valence-corrected chi connectivity index (χ3v) is 5.68. The predicted molar refractivity (Wildman–Crippen MR) is 105 cm³/mol. The van der Waals surface area contributed by atoms with Crippen LogP contribution in [0.25, 0.3) is 11.2 Å². The fourth-order valence-electron chi connectivity index (χ4n) is 3.59. The van der Waals surface area contributed by atoms with E-state index in [2.05, 4.69) is 20.3 Å². The maximum absolute atomic E-state index is 13.0. The first-order valence-corrected chi connectivity index (χ1v) is 9.82. The zero-order valence-electron chi connectivity index (χ0n) is 16.4. The zero-order chi connectivity index (χ0) is 21.0. The van der Waals surface area contributed by atoms with Crippen molar-refractivity contribution >= 4 is 22.8 Å². The molecule has 0 unspecified atom stereocenters. The molecule has 29 heavy (non-hydrogen) atoms. The molecule has 0 saturated heterocycles.